The molecule has 56 heavy (non-hydrogen) atoms. The second-order valence-electron chi connectivity index (χ2n) is 15.5. The van der Waals surface area contributed by atoms with Crippen LogP contribution in [0, 0.1) is 0 Å². The average molecular weight is 715 g/mol. The van der Waals surface area contributed by atoms with E-state index < -0.39 is 0 Å². The molecule has 2 aliphatic rings. The van der Waals surface area contributed by atoms with Crippen molar-refractivity contribution in [1.29, 1.82) is 0 Å². The lowest BCUT2D eigenvalue weighted by atomic mass is 9.85. The summed E-state index contributed by atoms with van der Waals surface area (Å²) in [6, 6.07) is 61.0. The molecule has 1 atom stereocenters. The molecule has 0 spiro atoms. The highest BCUT2D eigenvalue weighted by Crippen LogP contribution is 2.40. The molecular weight excluding hydrogens is 677 g/mol. The van der Waals surface area contributed by atoms with E-state index in [2.05, 4.69) is 197 Å². The van der Waals surface area contributed by atoms with E-state index in [9.17, 15) is 0 Å². The summed E-state index contributed by atoms with van der Waals surface area (Å²) in [5.41, 5.74) is 12.9. The first kappa shape index (κ1) is 31.5. The fraction of sp³-hybridized carbons (Fsp3) is 0.0741. The van der Waals surface area contributed by atoms with Gasteiger partial charge in [0.2, 0.25) is 0 Å². The molecule has 2 nitrogen and oxygen atoms in total. The average Bonchev–Trinajstić information content (AvgIpc) is 3.78. The number of hydrogen-bond donors (Lipinski definition) is 0. The molecule has 0 amide bonds. The molecule has 2 aliphatic carbocycles. The van der Waals surface area contributed by atoms with Gasteiger partial charge in [-0.3, -0.25) is 0 Å². The van der Waals surface area contributed by atoms with Gasteiger partial charge in [-0.15, -0.1) is 0 Å². The predicted octanol–water partition coefficient (Wildman–Crippen LogP) is 12.5. The van der Waals surface area contributed by atoms with Gasteiger partial charge in [-0.2, -0.15) is 0 Å². The van der Waals surface area contributed by atoms with E-state index in [0.717, 1.165) is 19.3 Å². The van der Waals surface area contributed by atoms with Crippen LogP contribution in [-0.2, 0) is 6.42 Å². The number of hydrogen-bond acceptors (Lipinski definition) is 0. The number of rotatable bonds is 4. The lowest BCUT2D eigenvalue weighted by molar-refractivity contribution is 0.695. The van der Waals surface area contributed by atoms with E-state index in [0.29, 0.717) is 0 Å². The van der Waals surface area contributed by atoms with Gasteiger partial charge in [0.1, 0.15) is 0 Å². The number of allylic oxidation sites excluding steroid dienone is 1. The number of fused-ring (bicyclic) bond motifs is 9. The fourth-order valence-corrected chi connectivity index (χ4v) is 10.1. The monoisotopic (exact) mass is 714 g/mol. The summed E-state index contributed by atoms with van der Waals surface area (Å²) in [7, 11) is 0. The van der Waals surface area contributed by atoms with Crippen molar-refractivity contribution in [2.24, 2.45) is 0 Å². The van der Waals surface area contributed by atoms with E-state index in [1.54, 1.807) is 0 Å². The first-order valence-corrected chi connectivity index (χ1v) is 19.9. The summed E-state index contributed by atoms with van der Waals surface area (Å²) in [6.45, 7) is 0. The zero-order chi connectivity index (χ0) is 36.7. The van der Waals surface area contributed by atoms with E-state index in [4.69, 9.17) is 0 Å². The van der Waals surface area contributed by atoms with Crippen LogP contribution in [0.15, 0.2) is 170 Å². The van der Waals surface area contributed by atoms with Gasteiger partial charge in [-0.05, 0) is 110 Å². The van der Waals surface area contributed by atoms with Crippen LogP contribution in [0.3, 0.4) is 0 Å². The molecule has 0 aliphatic heterocycles. The zero-order valence-corrected chi connectivity index (χ0v) is 31.0. The van der Waals surface area contributed by atoms with Gasteiger partial charge in [-0.1, -0.05) is 152 Å². The highest BCUT2D eigenvalue weighted by molar-refractivity contribution is 6.10. The van der Waals surface area contributed by atoms with Crippen LogP contribution in [0.4, 0.5) is 0 Å². The van der Waals surface area contributed by atoms with Crippen LogP contribution in [0.1, 0.15) is 30.1 Å². The van der Waals surface area contributed by atoms with E-state index in [1.807, 2.05) is 0 Å². The van der Waals surface area contributed by atoms with Crippen molar-refractivity contribution >= 4 is 72.5 Å². The van der Waals surface area contributed by atoms with Crippen LogP contribution in [0.25, 0.3) is 100 Å². The maximum Gasteiger partial charge on any atom is 0.0566 e. The minimum Gasteiger partial charge on any atom is -0.333 e. The number of benzene rings is 8. The summed E-state index contributed by atoms with van der Waals surface area (Å²) >= 11 is 0. The van der Waals surface area contributed by atoms with Gasteiger partial charge in [0.15, 0.2) is 0 Å². The van der Waals surface area contributed by atoms with Crippen molar-refractivity contribution in [3.63, 3.8) is 0 Å². The minimum absolute atomic E-state index is 0.151. The molecule has 0 saturated carbocycles. The lowest BCUT2D eigenvalue weighted by Crippen LogP contribution is -2.34. The second kappa shape index (κ2) is 12.3. The van der Waals surface area contributed by atoms with Gasteiger partial charge in [-0.25, -0.2) is 0 Å². The molecular formula is C54H38N2. The molecule has 10 aromatic rings. The van der Waals surface area contributed by atoms with Gasteiger partial charge in [0, 0.05) is 44.1 Å². The van der Waals surface area contributed by atoms with Crippen LogP contribution in [0.2, 0.25) is 0 Å². The Morgan fingerprint density at radius 2 is 1.16 bits per heavy atom. The third kappa shape index (κ3) is 4.63. The molecule has 0 fully saturated rings. The quantitative estimate of drug-likeness (QED) is 0.172. The van der Waals surface area contributed by atoms with Crippen molar-refractivity contribution in [3.05, 3.63) is 192 Å². The van der Waals surface area contributed by atoms with Crippen LogP contribution in [-0.4, -0.2) is 9.13 Å². The van der Waals surface area contributed by atoms with Crippen molar-refractivity contribution in [1.82, 2.24) is 9.13 Å². The first-order valence-electron chi connectivity index (χ1n) is 19.9. The topological polar surface area (TPSA) is 9.86 Å². The van der Waals surface area contributed by atoms with Crippen molar-refractivity contribution < 1.29 is 0 Å². The summed E-state index contributed by atoms with van der Waals surface area (Å²) in [5.74, 6) is 0. The normalized spacial score (nSPS) is 15.0. The molecule has 2 heterocycles. The van der Waals surface area contributed by atoms with Crippen LogP contribution >= 0.6 is 0 Å². The van der Waals surface area contributed by atoms with Crippen molar-refractivity contribution in [3.8, 4) is 27.9 Å². The number of para-hydroxylation sites is 3. The fourth-order valence-electron chi connectivity index (χ4n) is 10.1. The van der Waals surface area contributed by atoms with Gasteiger partial charge >= 0.3 is 0 Å². The zero-order valence-electron chi connectivity index (χ0n) is 31.0. The highest BCUT2D eigenvalue weighted by Gasteiger charge is 2.24. The Morgan fingerprint density at radius 1 is 0.482 bits per heavy atom. The van der Waals surface area contributed by atoms with Crippen LogP contribution < -0.4 is 10.4 Å². The van der Waals surface area contributed by atoms with Gasteiger partial charge < -0.3 is 9.13 Å². The lowest BCUT2D eigenvalue weighted by Gasteiger charge is -2.24. The van der Waals surface area contributed by atoms with Crippen molar-refractivity contribution in [2.75, 3.05) is 0 Å². The maximum absolute atomic E-state index is 2.58. The molecule has 264 valence electrons. The summed E-state index contributed by atoms with van der Waals surface area (Å²) in [5, 5.41) is 11.7. The van der Waals surface area contributed by atoms with Gasteiger partial charge in [0.05, 0.1) is 11.6 Å². The molecule has 2 heteroatoms. The SMILES string of the molecule is C1=Cc2c(n(-c3ccc4c(-c5ccc6ccccc6c5)c5c(c(-c6ccccc6)c4c3)=CCC(n3c4ccccc4c4ccccc43)C=5)c3ccccc23)CC1. The van der Waals surface area contributed by atoms with Gasteiger partial charge in [0.25, 0.3) is 0 Å². The van der Waals surface area contributed by atoms with E-state index in [-0.39, 0.29) is 6.04 Å². The molecule has 8 aromatic carbocycles. The minimum atomic E-state index is 0.151. The molecule has 1 unspecified atom stereocenters. The third-order valence-electron chi connectivity index (χ3n) is 12.4. The standard InChI is InChI=1S/C54H38N2/c1-2-15-36(16-3-1)53-45-30-28-40(56-51-24-12-8-20-43(51)44-21-9-13-25-52(44)56)34-48(45)54(38-27-26-35-14-4-5-17-37(35)32-38)46-31-29-39(33-47(46)53)55-49-22-10-6-18-41(49)42-19-7-11-23-50(42)55/h1-10,12-22,24-27,29-34,40H,11,23,28H2. The summed E-state index contributed by atoms with van der Waals surface area (Å²) < 4.78 is 5.12. The first-order chi connectivity index (χ1) is 27.8. The Balaban J connectivity index is 1.21. The van der Waals surface area contributed by atoms with Crippen LogP contribution in [0.5, 0.6) is 0 Å². The summed E-state index contributed by atoms with van der Waals surface area (Å²) in [4.78, 5) is 0. The predicted molar refractivity (Wildman–Crippen MR) is 238 cm³/mol. The largest absolute Gasteiger partial charge is 0.333 e. The molecule has 2 aromatic heterocycles. The summed E-state index contributed by atoms with van der Waals surface area (Å²) in [6.07, 6.45) is 12.8. The molecule has 0 bridgehead atoms. The van der Waals surface area contributed by atoms with E-state index in [1.165, 1.54) is 104 Å². The third-order valence-corrected chi connectivity index (χ3v) is 12.4. The molecule has 0 radical (unpaired) electrons. The molecule has 12 rings (SSSR count). The number of nitrogens with zero attached hydrogens (tertiary/aromatic N) is 2. The Kier molecular flexibility index (Phi) is 6.91. The van der Waals surface area contributed by atoms with Crippen molar-refractivity contribution in [2.45, 2.75) is 25.3 Å². The molecule has 0 N–H and O–H groups in total. The number of aromatic nitrogens is 2. The Labute approximate surface area is 325 Å². The molecule has 0 saturated heterocycles. The smallest absolute Gasteiger partial charge is 0.0566 e. The second-order valence-corrected chi connectivity index (χ2v) is 15.5. The Morgan fingerprint density at radius 3 is 1.96 bits per heavy atom. The van der Waals surface area contributed by atoms with E-state index >= 15 is 0 Å². The maximum atomic E-state index is 2.58. The highest BCUT2D eigenvalue weighted by atomic mass is 15.0. The Hall–Kier alpha value is -6.90. The Bertz CT molecular complexity index is 3340.